The Morgan fingerprint density at radius 1 is 1.10 bits per heavy atom. The molecule has 0 aromatic rings. The number of hydrogen-bond acceptors (Lipinski definition) is 9. The first-order chi connectivity index (χ1) is 23.7. The quantitative estimate of drug-likeness (QED) is 0.0604. The summed E-state index contributed by atoms with van der Waals surface area (Å²) in [6, 6.07) is -0.797. The summed E-state index contributed by atoms with van der Waals surface area (Å²) in [6.07, 6.45) is 9.82. The molecule has 0 aromatic heterocycles. The normalized spacial score (nSPS) is 29.2. The van der Waals surface area contributed by atoms with Crippen LogP contribution in [0.1, 0.15) is 102 Å². The SMILES string of the molecule is COC(=O)[C@@H](CCCCNC(=O)N1CCN(C)CC1)NC(=O)C[C@H]1CC[C@H](C)[C@@H](/C(C)=C/C=C/[C@@H](C)C[C@@]2(C)O[C@@H]2[C@H](C)[C@@H](OC)[C@@H](C)O)O1.[HH].[HH].[HH].[HH].[HH].[HH].[HH].[HH].[HH].[HH].[HH]. The number of hydrogen-bond donors (Lipinski definition) is 3. The summed E-state index contributed by atoms with van der Waals surface area (Å²) in [5.74, 6) is -0.00123. The first kappa shape index (κ1) is 41.9. The maximum atomic E-state index is 13.1. The molecule has 3 saturated heterocycles. The van der Waals surface area contributed by atoms with Crippen molar-refractivity contribution in [1.29, 1.82) is 0 Å². The molecule has 0 spiro atoms. The van der Waals surface area contributed by atoms with Crippen LogP contribution in [0.2, 0.25) is 0 Å². The lowest BCUT2D eigenvalue weighted by Gasteiger charge is -2.35. The fourth-order valence-electron chi connectivity index (χ4n) is 7.66. The average molecular weight is 729 g/mol. The summed E-state index contributed by atoms with van der Waals surface area (Å²) < 4.78 is 23.1. The van der Waals surface area contributed by atoms with Gasteiger partial charge in [0.1, 0.15) is 6.04 Å². The Hall–Kier alpha value is -2.51. The first-order valence-electron chi connectivity index (χ1n) is 18.7. The minimum absolute atomic E-state index is 0. The van der Waals surface area contributed by atoms with Gasteiger partial charge in [-0.1, -0.05) is 39.0 Å². The molecule has 3 aliphatic heterocycles. The minimum Gasteiger partial charge on any atom is -0.467 e. The van der Waals surface area contributed by atoms with Crippen molar-refractivity contribution in [2.45, 2.75) is 129 Å². The Morgan fingerprint density at radius 2 is 1.80 bits per heavy atom. The highest BCUT2D eigenvalue weighted by atomic mass is 16.6. The van der Waals surface area contributed by atoms with Crippen LogP contribution >= 0.6 is 0 Å². The van der Waals surface area contributed by atoms with Crippen LogP contribution in [0.4, 0.5) is 4.79 Å². The zero-order chi connectivity index (χ0) is 37.0. The van der Waals surface area contributed by atoms with Gasteiger partial charge in [-0.05, 0) is 83.8 Å². The predicted octanol–water partition coefficient (Wildman–Crippen LogP) is 6.77. The van der Waals surface area contributed by atoms with Crippen LogP contribution in [-0.2, 0) is 28.5 Å². The van der Waals surface area contributed by atoms with Crippen molar-refractivity contribution in [2.75, 3.05) is 54.0 Å². The Labute approximate surface area is 317 Å². The molecule has 3 amide bonds. The third-order valence-electron chi connectivity index (χ3n) is 10.7. The highest BCUT2D eigenvalue weighted by molar-refractivity contribution is 5.84. The molecule has 0 saturated carbocycles. The molecule has 3 fully saturated rings. The second-order valence-corrected chi connectivity index (χ2v) is 15.2. The number of likely N-dealkylation sites (N-methyl/N-ethyl adjacent to an activating group) is 1. The number of aliphatic hydroxyl groups excluding tert-OH is 1. The molecule has 12 nitrogen and oxygen atoms in total. The van der Waals surface area contributed by atoms with E-state index in [2.05, 4.69) is 68.4 Å². The van der Waals surface area contributed by atoms with Gasteiger partial charge in [-0.25, -0.2) is 9.59 Å². The number of piperazine rings is 1. The Kier molecular flexibility index (Phi) is 16.7. The number of methoxy groups -OCH3 is 2. The molecule has 50 heavy (non-hydrogen) atoms. The maximum Gasteiger partial charge on any atom is 0.328 e. The first-order valence-corrected chi connectivity index (χ1v) is 18.7. The van der Waals surface area contributed by atoms with Gasteiger partial charge in [0.15, 0.2) is 0 Å². The van der Waals surface area contributed by atoms with Crippen LogP contribution in [0, 0.1) is 17.8 Å². The number of carbonyl (C=O) groups excluding carboxylic acids is 3. The molecule has 308 valence electrons. The number of esters is 1. The largest absolute Gasteiger partial charge is 0.467 e. The molecular weight excluding hydrogens is 640 g/mol. The molecule has 0 radical (unpaired) electrons. The number of urea groups is 1. The standard InChI is InChI=1S/C38H66N4O8.11H2/c1-25(24-38(6)35(50-38)28(4)34(47-8)29(5)43)13-12-14-26(2)33-27(3)16-17-30(49-33)23-32(44)40-31(36(45)48-9)15-10-11-18-39-37(46)42-21-19-41(7)20-22-42;;;;;;;;;;;/h12-14,25,27-31,33-35,43H,10-11,15-24H2,1-9H3,(H,39,46)(H,40,44);11*1H/b13-12+,26-14+;;;;;;;;;;;/t25-,27+,28-,29-,30-,31-,33-,34-,35-,38-;;;;;;;;;;;/m1.........../s1. The van der Waals surface area contributed by atoms with Crippen molar-refractivity contribution in [3.8, 4) is 0 Å². The molecule has 10 atom stereocenters. The van der Waals surface area contributed by atoms with E-state index in [1.54, 1.807) is 14.0 Å². The van der Waals surface area contributed by atoms with Crippen molar-refractivity contribution in [3.05, 3.63) is 23.8 Å². The number of aliphatic hydroxyl groups is 1. The van der Waals surface area contributed by atoms with Gasteiger partial charge in [-0.2, -0.15) is 0 Å². The lowest BCUT2D eigenvalue weighted by molar-refractivity contribution is -0.146. The number of carbonyl (C=O) groups is 3. The summed E-state index contributed by atoms with van der Waals surface area (Å²) in [5.41, 5.74) is 0.871. The van der Waals surface area contributed by atoms with E-state index in [0.29, 0.717) is 37.6 Å². The summed E-state index contributed by atoms with van der Waals surface area (Å²) >= 11 is 0. The highest BCUT2D eigenvalue weighted by Crippen LogP contribution is 2.47. The number of nitrogens with zero attached hydrogens (tertiary/aromatic N) is 2. The molecule has 3 aliphatic rings. The summed E-state index contributed by atoms with van der Waals surface area (Å²) in [5, 5.41) is 15.9. The molecule has 0 aliphatic carbocycles. The molecule has 12 heteroatoms. The average Bonchev–Trinajstić information content (AvgIpc) is 3.74. The number of ether oxygens (including phenoxy) is 4. The highest BCUT2D eigenvalue weighted by Gasteiger charge is 2.56. The Bertz CT molecular complexity index is 1200. The Morgan fingerprint density at radius 3 is 2.44 bits per heavy atom. The van der Waals surface area contributed by atoms with Gasteiger partial charge in [0.25, 0.3) is 0 Å². The van der Waals surface area contributed by atoms with Gasteiger partial charge in [0.05, 0.1) is 49.7 Å². The van der Waals surface area contributed by atoms with Crippen LogP contribution in [0.5, 0.6) is 0 Å². The monoisotopic (exact) mass is 729 g/mol. The van der Waals surface area contributed by atoms with Crippen LogP contribution in [-0.4, -0.2) is 129 Å². The van der Waals surface area contributed by atoms with Crippen LogP contribution in [0.25, 0.3) is 0 Å². The number of nitrogens with one attached hydrogen (secondary N) is 2. The zero-order valence-electron chi connectivity index (χ0n) is 32.1. The molecule has 3 N–H and O–H groups in total. The molecule has 3 rings (SSSR count). The number of rotatable bonds is 18. The molecule has 3 heterocycles. The summed E-state index contributed by atoms with van der Waals surface area (Å²) in [6.45, 7) is 16.1. The van der Waals surface area contributed by atoms with Crippen LogP contribution in [0.15, 0.2) is 23.8 Å². The summed E-state index contributed by atoms with van der Waals surface area (Å²) in [7, 11) is 5.01. The van der Waals surface area contributed by atoms with E-state index < -0.39 is 18.1 Å². The van der Waals surface area contributed by atoms with Gasteiger partial charge in [-0.15, -0.1) is 0 Å². The number of amides is 3. The second kappa shape index (κ2) is 19.9. The van der Waals surface area contributed by atoms with E-state index in [1.807, 2.05) is 11.9 Å². The molecule has 0 aromatic carbocycles. The third-order valence-corrected chi connectivity index (χ3v) is 10.7. The van der Waals surface area contributed by atoms with E-state index in [4.69, 9.17) is 18.9 Å². The van der Waals surface area contributed by atoms with Gasteiger partial charge >= 0.3 is 12.0 Å². The second-order valence-electron chi connectivity index (χ2n) is 15.2. The van der Waals surface area contributed by atoms with E-state index in [0.717, 1.165) is 51.0 Å². The number of unbranched alkanes of at least 4 members (excludes halogenated alkanes) is 1. The van der Waals surface area contributed by atoms with Gasteiger partial charge < -0.3 is 44.5 Å². The molecule has 0 unspecified atom stereocenters. The van der Waals surface area contributed by atoms with E-state index in [9.17, 15) is 19.5 Å². The van der Waals surface area contributed by atoms with Crippen LogP contribution < -0.4 is 10.6 Å². The van der Waals surface area contributed by atoms with Crippen molar-refractivity contribution in [3.63, 3.8) is 0 Å². The molecule has 0 bridgehead atoms. The fraction of sp³-hybridized carbons (Fsp3) is 0.816. The van der Waals surface area contributed by atoms with Crippen molar-refractivity contribution in [1.82, 2.24) is 20.4 Å². The van der Waals surface area contributed by atoms with Crippen LogP contribution in [0.3, 0.4) is 0 Å². The molecular formula is C38H88N4O8. The van der Waals surface area contributed by atoms with Crippen molar-refractivity contribution >= 4 is 17.9 Å². The topological polar surface area (TPSA) is 142 Å². The van der Waals surface area contributed by atoms with E-state index >= 15 is 0 Å². The predicted molar refractivity (Wildman–Crippen MR) is 217 cm³/mol. The minimum atomic E-state index is -0.741. The van der Waals surface area contributed by atoms with Crippen molar-refractivity contribution < 1.29 is 54.1 Å². The van der Waals surface area contributed by atoms with Crippen molar-refractivity contribution in [2.24, 2.45) is 17.8 Å². The zero-order valence-corrected chi connectivity index (χ0v) is 32.1. The van der Waals surface area contributed by atoms with E-state index in [1.165, 1.54) is 7.11 Å². The smallest absolute Gasteiger partial charge is 0.328 e. The van der Waals surface area contributed by atoms with Gasteiger partial charge in [-0.3, -0.25) is 4.79 Å². The van der Waals surface area contributed by atoms with Gasteiger partial charge in [0.2, 0.25) is 5.91 Å². The lowest BCUT2D eigenvalue weighted by atomic mass is 9.85. The van der Waals surface area contributed by atoms with E-state index in [-0.39, 0.29) is 70.0 Å². The maximum absolute atomic E-state index is 13.1. The summed E-state index contributed by atoms with van der Waals surface area (Å²) in [4.78, 5) is 42.0. The number of allylic oxidation sites excluding steroid dienone is 3. The fourth-order valence-corrected chi connectivity index (χ4v) is 7.66. The number of epoxide rings is 1. The Balaban J connectivity index is -0.000000351. The lowest BCUT2D eigenvalue weighted by Crippen LogP contribution is -2.50. The van der Waals surface area contributed by atoms with Gasteiger partial charge in [0, 0.05) is 61.4 Å². The third kappa shape index (κ3) is 12.6.